The van der Waals surface area contributed by atoms with Gasteiger partial charge < -0.3 is 10.3 Å². The molecule has 0 bridgehead atoms. The summed E-state index contributed by atoms with van der Waals surface area (Å²) in [5.41, 5.74) is -5.42. The Kier molecular flexibility index (Phi) is 4.16. The van der Waals surface area contributed by atoms with Gasteiger partial charge in [0.1, 0.15) is 5.82 Å². The quantitative estimate of drug-likeness (QED) is 0.850. The lowest BCUT2D eigenvalue weighted by Crippen LogP contribution is -2.18. The number of alkyl halides is 3. The van der Waals surface area contributed by atoms with Crippen molar-refractivity contribution in [1.29, 1.82) is 0 Å². The summed E-state index contributed by atoms with van der Waals surface area (Å²) in [7, 11) is 0. The third-order valence-corrected chi connectivity index (χ3v) is 3.10. The van der Waals surface area contributed by atoms with Crippen molar-refractivity contribution in [3.8, 4) is 0 Å². The van der Waals surface area contributed by atoms with E-state index in [-0.39, 0.29) is 16.6 Å². The number of rotatable bonds is 3. The van der Waals surface area contributed by atoms with Gasteiger partial charge >= 0.3 is 5.51 Å². The van der Waals surface area contributed by atoms with E-state index < -0.39 is 40.3 Å². The number of halogens is 4. The molecule has 5 nitrogen and oxygen atoms in total. The van der Waals surface area contributed by atoms with Crippen LogP contribution in [0.25, 0.3) is 10.9 Å². The van der Waals surface area contributed by atoms with Crippen LogP contribution >= 0.6 is 11.8 Å². The van der Waals surface area contributed by atoms with E-state index >= 15 is 0 Å². The Morgan fingerprint density at radius 1 is 1.38 bits per heavy atom. The predicted octanol–water partition coefficient (Wildman–Crippen LogP) is 2.25. The van der Waals surface area contributed by atoms with Crippen molar-refractivity contribution in [1.82, 2.24) is 9.97 Å². The highest BCUT2D eigenvalue weighted by molar-refractivity contribution is 8.00. The van der Waals surface area contributed by atoms with Crippen LogP contribution in [0.1, 0.15) is 0 Å². The fourth-order valence-corrected chi connectivity index (χ4v) is 1.89. The van der Waals surface area contributed by atoms with Gasteiger partial charge in [-0.25, -0.2) is 9.37 Å². The highest BCUT2D eigenvalue weighted by Crippen LogP contribution is 2.30. The second-order valence-corrected chi connectivity index (χ2v) is 4.90. The number of anilines is 1. The molecule has 2 rings (SSSR count). The third-order valence-electron chi connectivity index (χ3n) is 2.37. The largest absolute Gasteiger partial charge is 0.442 e. The summed E-state index contributed by atoms with van der Waals surface area (Å²) in [5, 5.41) is 2.00. The molecule has 0 saturated heterocycles. The maximum Gasteiger partial charge on any atom is 0.442 e. The molecule has 0 aliphatic rings. The summed E-state index contributed by atoms with van der Waals surface area (Å²) in [6.45, 7) is 0. The number of fused-ring (bicyclic) bond motifs is 1. The number of hydrogen-bond acceptors (Lipinski definition) is 4. The summed E-state index contributed by atoms with van der Waals surface area (Å²) in [6.07, 6.45) is 1.09. The molecule has 0 aliphatic carbocycles. The standard InChI is InChI=1S/C11H7F4N3O2S/c12-6-2-7-5(10(20)17-4-16-7)1-8(6)18-9(19)3-21-11(13,14)15/h1-2,4H,3H2,(H,18,19)(H,16,17,20). The first-order chi connectivity index (χ1) is 9.76. The molecule has 1 amide bonds. The molecule has 2 aromatic rings. The predicted molar refractivity (Wildman–Crippen MR) is 69.5 cm³/mol. The lowest BCUT2D eigenvalue weighted by Gasteiger charge is -2.08. The summed E-state index contributed by atoms with van der Waals surface area (Å²) < 4.78 is 49.5. The number of H-pyrrole nitrogens is 1. The molecule has 112 valence electrons. The lowest BCUT2D eigenvalue weighted by atomic mass is 10.2. The van der Waals surface area contributed by atoms with Crippen LogP contribution in [0.2, 0.25) is 0 Å². The van der Waals surface area contributed by atoms with Crippen molar-refractivity contribution in [3.05, 3.63) is 34.6 Å². The van der Waals surface area contributed by atoms with Gasteiger partial charge in [-0.1, -0.05) is 0 Å². The van der Waals surface area contributed by atoms with Crippen molar-refractivity contribution in [2.75, 3.05) is 11.1 Å². The molecule has 1 heterocycles. The van der Waals surface area contributed by atoms with Gasteiger partial charge in [-0.15, -0.1) is 0 Å². The number of nitrogens with zero attached hydrogens (tertiary/aromatic N) is 1. The highest BCUT2D eigenvalue weighted by Gasteiger charge is 2.29. The van der Waals surface area contributed by atoms with Gasteiger partial charge in [0.2, 0.25) is 5.91 Å². The number of amides is 1. The van der Waals surface area contributed by atoms with Gasteiger partial charge in [-0.3, -0.25) is 9.59 Å². The average molecular weight is 321 g/mol. The maximum atomic E-state index is 13.7. The molecular weight excluding hydrogens is 314 g/mol. The van der Waals surface area contributed by atoms with Crippen molar-refractivity contribution in [3.63, 3.8) is 0 Å². The monoisotopic (exact) mass is 321 g/mol. The zero-order valence-electron chi connectivity index (χ0n) is 10.1. The van der Waals surface area contributed by atoms with Crippen LogP contribution in [-0.4, -0.2) is 27.1 Å². The molecule has 0 aliphatic heterocycles. The van der Waals surface area contributed by atoms with Crippen LogP contribution < -0.4 is 10.9 Å². The molecule has 0 fully saturated rings. The SMILES string of the molecule is O=C(CSC(F)(F)F)Nc1cc2c(=O)[nH]cnc2cc1F. The van der Waals surface area contributed by atoms with Crippen LogP contribution in [-0.2, 0) is 4.79 Å². The average Bonchev–Trinajstić information content (AvgIpc) is 2.37. The second kappa shape index (κ2) is 5.72. The zero-order chi connectivity index (χ0) is 15.6. The van der Waals surface area contributed by atoms with E-state index in [4.69, 9.17) is 0 Å². The molecule has 2 N–H and O–H groups in total. The molecule has 0 spiro atoms. The van der Waals surface area contributed by atoms with Gasteiger partial charge in [-0.2, -0.15) is 13.2 Å². The number of carbonyl (C=O) groups excluding carboxylic acids is 1. The molecule has 0 radical (unpaired) electrons. The molecular formula is C11H7F4N3O2S. The summed E-state index contributed by atoms with van der Waals surface area (Å²) >= 11 is -0.541. The van der Waals surface area contributed by atoms with Gasteiger partial charge in [0.25, 0.3) is 5.56 Å². The van der Waals surface area contributed by atoms with E-state index in [1.807, 2.05) is 5.32 Å². The van der Waals surface area contributed by atoms with Crippen LogP contribution in [0.4, 0.5) is 23.2 Å². The number of benzene rings is 1. The number of nitrogens with one attached hydrogen (secondary N) is 2. The fourth-order valence-electron chi connectivity index (χ4n) is 1.52. The highest BCUT2D eigenvalue weighted by atomic mass is 32.2. The Morgan fingerprint density at radius 2 is 2.10 bits per heavy atom. The zero-order valence-corrected chi connectivity index (χ0v) is 10.9. The minimum atomic E-state index is -4.56. The molecule has 0 saturated carbocycles. The molecule has 1 aromatic heterocycles. The van der Waals surface area contributed by atoms with E-state index in [1.165, 1.54) is 0 Å². The van der Waals surface area contributed by atoms with Crippen molar-refractivity contribution >= 4 is 34.3 Å². The Balaban J connectivity index is 2.22. The number of aromatic amines is 1. The minimum Gasteiger partial charge on any atom is -0.323 e. The Hall–Kier alpha value is -2.10. The first kappa shape index (κ1) is 15.3. The van der Waals surface area contributed by atoms with E-state index in [9.17, 15) is 27.2 Å². The Labute approximate surface area is 118 Å². The molecule has 21 heavy (non-hydrogen) atoms. The van der Waals surface area contributed by atoms with Crippen LogP contribution in [0, 0.1) is 5.82 Å². The van der Waals surface area contributed by atoms with Gasteiger partial charge in [-0.05, 0) is 17.8 Å². The molecule has 10 heteroatoms. The number of hydrogen-bond donors (Lipinski definition) is 2. The Morgan fingerprint density at radius 3 is 2.76 bits per heavy atom. The normalized spacial score (nSPS) is 11.6. The first-order valence-electron chi connectivity index (χ1n) is 5.44. The van der Waals surface area contributed by atoms with E-state index in [2.05, 4.69) is 9.97 Å². The number of aromatic nitrogens is 2. The van der Waals surface area contributed by atoms with Crippen LogP contribution in [0.15, 0.2) is 23.3 Å². The minimum absolute atomic E-state index is 0.0117. The van der Waals surface area contributed by atoms with Crippen molar-refractivity contribution in [2.24, 2.45) is 0 Å². The molecule has 0 atom stereocenters. The summed E-state index contributed by atoms with van der Waals surface area (Å²) in [5.74, 6) is -2.84. The lowest BCUT2D eigenvalue weighted by molar-refractivity contribution is -0.114. The van der Waals surface area contributed by atoms with Gasteiger partial charge in [0.05, 0.1) is 28.7 Å². The van der Waals surface area contributed by atoms with Gasteiger partial charge in [0.15, 0.2) is 0 Å². The second-order valence-electron chi connectivity index (χ2n) is 3.86. The van der Waals surface area contributed by atoms with E-state index in [0.717, 1.165) is 18.5 Å². The third kappa shape index (κ3) is 3.94. The number of carbonyl (C=O) groups is 1. The van der Waals surface area contributed by atoms with Crippen molar-refractivity contribution < 1.29 is 22.4 Å². The first-order valence-corrected chi connectivity index (χ1v) is 6.42. The van der Waals surface area contributed by atoms with Crippen LogP contribution in [0.3, 0.4) is 0 Å². The maximum absolute atomic E-state index is 13.7. The topological polar surface area (TPSA) is 74.8 Å². The van der Waals surface area contributed by atoms with Gasteiger partial charge in [0, 0.05) is 6.07 Å². The van der Waals surface area contributed by atoms with Crippen molar-refractivity contribution in [2.45, 2.75) is 5.51 Å². The molecule has 0 unspecified atom stereocenters. The fraction of sp³-hybridized carbons (Fsp3) is 0.182. The van der Waals surface area contributed by atoms with E-state index in [0.29, 0.717) is 0 Å². The Bertz CT molecular complexity index is 744. The van der Waals surface area contributed by atoms with Crippen LogP contribution in [0.5, 0.6) is 0 Å². The molecule has 1 aromatic carbocycles. The smallest absolute Gasteiger partial charge is 0.323 e. The summed E-state index contributed by atoms with van der Waals surface area (Å²) in [4.78, 5) is 28.8. The number of thioether (sulfide) groups is 1. The van der Waals surface area contributed by atoms with E-state index in [1.54, 1.807) is 0 Å². The summed E-state index contributed by atoms with van der Waals surface area (Å²) in [6, 6.07) is 1.93.